The highest BCUT2D eigenvalue weighted by Crippen LogP contribution is 2.19. The maximum atomic E-state index is 12.4. The molecule has 0 radical (unpaired) electrons. The average Bonchev–Trinajstić information content (AvgIpc) is 3.17. The van der Waals surface area contributed by atoms with Crippen molar-refractivity contribution in [2.75, 3.05) is 20.3 Å². The van der Waals surface area contributed by atoms with Crippen molar-refractivity contribution in [3.05, 3.63) is 52.8 Å². The number of ether oxygens (including phenoxy) is 1. The van der Waals surface area contributed by atoms with Gasteiger partial charge in [0.05, 0.1) is 43.1 Å². The standard InChI is InChI=1S/C19H24N4O3/c1-13-5-3-4-6-14(13)9-18(24)22-15-10-17-16(11-21-23(17)12-15)19(25)20-7-8-26-2/h3-6,11,15H,7-10,12H2,1-2H3,(H,20,25)(H,22,24). The van der Waals surface area contributed by atoms with Crippen molar-refractivity contribution in [3.8, 4) is 0 Å². The van der Waals surface area contributed by atoms with Gasteiger partial charge in [-0.2, -0.15) is 5.10 Å². The molecule has 2 heterocycles. The lowest BCUT2D eigenvalue weighted by molar-refractivity contribution is -0.121. The third-order valence-corrected chi connectivity index (χ3v) is 4.60. The Balaban J connectivity index is 1.56. The van der Waals surface area contributed by atoms with Gasteiger partial charge in [-0.25, -0.2) is 0 Å². The van der Waals surface area contributed by atoms with Crippen molar-refractivity contribution in [3.63, 3.8) is 0 Å². The van der Waals surface area contributed by atoms with Gasteiger partial charge in [0.25, 0.3) is 5.91 Å². The second-order valence-electron chi connectivity index (χ2n) is 6.51. The number of fused-ring (bicyclic) bond motifs is 1. The van der Waals surface area contributed by atoms with Crippen molar-refractivity contribution >= 4 is 11.8 Å². The fourth-order valence-corrected chi connectivity index (χ4v) is 3.20. The van der Waals surface area contributed by atoms with Gasteiger partial charge in [-0.05, 0) is 18.1 Å². The summed E-state index contributed by atoms with van der Waals surface area (Å²) in [5.41, 5.74) is 3.56. The molecule has 1 aromatic heterocycles. The van der Waals surface area contributed by atoms with Crippen molar-refractivity contribution in [2.45, 2.75) is 32.4 Å². The quantitative estimate of drug-likeness (QED) is 0.721. The summed E-state index contributed by atoms with van der Waals surface area (Å²) in [6.45, 7) is 3.51. The second kappa shape index (κ2) is 8.14. The second-order valence-corrected chi connectivity index (χ2v) is 6.51. The lowest BCUT2D eigenvalue weighted by atomic mass is 10.1. The zero-order chi connectivity index (χ0) is 18.5. The molecule has 26 heavy (non-hydrogen) atoms. The van der Waals surface area contributed by atoms with E-state index in [0.717, 1.165) is 16.8 Å². The summed E-state index contributed by atoms with van der Waals surface area (Å²) in [7, 11) is 1.59. The number of aromatic nitrogens is 2. The number of carbonyl (C=O) groups is 2. The van der Waals surface area contributed by atoms with Gasteiger partial charge >= 0.3 is 0 Å². The molecule has 0 saturated carbocycles. The van der Waals surface area contributed by atoms with Crippen molar-refractivity contribution in [1.29, 1.82) is 0 Å². The number of amides is 2. The minimum Gasteiger partial charge on any atom is -0.383 e. The van der Waals surface area contributed by atoms with E-state index in [0.29, 0.717) is 38.1 Å². The first-order valence-electron chi connectivity index (χ1n) is 8.74. The minimum absolute atomic E-state index is 0.0128. The molecule has 1 unspecified atom stereocenters. The topological polar surface area (TPSA) is 85.2 Å². The van der Waals surface area contributed by atoms with Crippen LogP contribution in [0.1, 0.15) is 27.2 Å². The molecule has 1 aliphatic heterocycles. The first-order valence-corrected chi connectivity index (χ1v) is 8.74. The Morgan fingerprint density at radius 3 is 2.92 bits per heavy atom. The highest BCUT2D eigenvalue weighted by Gasteiger charge is 2.28. The van der Waals surface area contributed by atoms with E-state index in [1.807, 2.05) is 31.2 Å². The van der Waals surface area contributed by atoms with Gasteiger partial charge in [-0.15, -0.1) is 0 Å². The summed E-state index contributed by atoms with van der Waals surface area (Å²) in [5.74, 6) is -0.170. The number of aryl methyl sites for hydroxylation is 1. The Labute approximate surface area is 152 Å². The summed E-state index contributed by atoms with van der Waals surface area (Å²) in [6.07, 6.45) is 2.55. The van der Waals surface area contributed by atoms with Crippen LogP contribution in [0.4, 0.5) is 0 Å². The Bertz CT molecular complexity index is 800. The minimum atomic E-state index is -0.157. The molecule has 2 amide bonds. The molecule has 1 aromatic carbocycles. The first kappa shape index (κ1) is 18.1. The van der Waals surface area contributed by atoms with Gasteiger partial charge in [0.1, 0.15) is 0 Å². The van der Waals surface area contributed by atoms with Crippen LogP contribution in [-0.2, 0) is 28.9 Å². The molecule has 0 spiro atoms. The zero-order valence-corrected chi connectivity index (χ0v) is 15.1. The molecule has 138 valence electrons. The predicted molar refractivity (Wildman–Crippen MR) is 97.0 cm³/mol. The van der Waals surface area contributed by atoms with Crippen LogP contribution in [0.3, 0.4) is 0 Å². The summed E-state index contributed by atoms with van der Waals surface area (Å²) in [4.78, 5) is 24.6. The Morgan fingerprint density at radius 1 is 1.35 bits per heavy atom. The molecular formula is C19H24N4O3. The number of rotatable bonds is 7. The number of nitrogens with one attached hydrogen (secondary N) is 2. The Morgan fingerprint density at radius 2 is 2.15 bits per heavy atom. The predicted octanol–water partition coefficient (Wildman–Crippen LogP) is 0.851. The molecular weight excluding hydrogens is 332 g/mol. The van der Waals surface area contributed by atoms with Gasteiger partial charge in [0.15, 0.2) is 0 Å². The summed E-state index contributed by atoms with van der Waals surface area (Å²) < 4.78 is 6.73. The smallest absolute Gasteiger partial charge is 0.254 e. The van der Waals surface area contributed by atoms with E-state index < -0.39 is 0 Å². The monoisotopic (exact) mass is 356 g/mol. The SMILES string of the molecule is COCCNC(=O)c1cnn2c1CC(NC(=O)Cc1ccccc1C)C2. The molecule has 1 aliphatic rings. The fraction of sp³-hybridized carbons (Fsp3) is 0.421. The van der Waals surface area contributed by atoms with Crippen molar-refractivity contribution in [1.82, 2.24) is 20.4 Å². The maximum Gasteiger partial charge on any atom is 0.254 e. The van der Waals surface area contributed by atoms with Crippen LogP contribution in [0.2, 0.25) is 0 Å². The molecule has 7 heteroatoms. The van der Waals surface area contributed by atoms with E-state index in [1.54, 1.807) is 18.0 Å². The molecule has 0 fully saturated rings. The number of nitrogens with zero attached hydrogens (tertiary/aromatic N) is 2. The van der Waals surface area contributed by atoms with Gasteiger partial charge in [-0.1, -0.05) is 24.3 Å². The molecule has 2 N–H and O–H groups in total. The number of hydrogen-bond donors (Lipinski definition) is 2. The van der Waals surface area contributed by atoms with Gasteiger partial charge in [-0.3, -0.25) is 14.3 Å². The van der Waals surface area contributed by atoms with Gasteiger partial charge in [0.2, 0.25) is 5.91 Å². The van der Waals surface area contributed by atoms with Crippen LogP contribution < -0.4 is 10.6 Å². The van der Waals surface area contributed by atoms with Crippen LogP contribution in [-0.4, -0.2) is 47.9 Å². The maximum absolute atomic E-state index is 12.4. The van der Waals surface area contributed by atoms with Crippen LogP contribution in [0.15, 0.2) is 30.5 Å². The summed E-state index contributed by atoms with van der Waals surface area (Å²) in [6, 6.07) is 7.83. The molecule has 0 saturated heterocycles. The van der Waals surface area contributed by atoms with Gasteiger partial charge < -0.3 is 15.4 Å². The van der Waals surface area contributed by atoms with E-state index in [9.17, 15) is 9.59 Å². The molecule has 0 aliphatic carbocycles. The van der Waals surface area contributed by atoms with E-state index in [4.69, 9.17) is 4.74 Å². The average molecular weight is 356 g/mol. The highest BCUT2D eigenvalue weighted by molar-refractivity contribution is 5.95. The molecule has 0 bridgehead atoms. The largest absolute Gasteiger partial charge is 0.383 e. The van der Waals surface area contributed by atoms with E-state index >= 15 is 0 Å². The fourth-order valence-electron chi connectivity index (χ4n) is 3.20. The number of carbonyl (C=O) groups excluding carboxylic acids is 2. The van der Waals surface area contributed by atoms with Crippen molar-refractivity contribution in [2.24, 2.45) is 0 Å². The summed E-state index contributed by atoms with van der Waals surface area (Å²) in [5, 5.41) is 10.1. The molecule has 7 nitrogen and oxygen atoms in total. The highest BCUT2D eigenvalue weighted by atomic mass is 16.5. The van der Waals surface area contributed by atoms with Crippen LogP contribution in [0.5, 0.6) is 0 Å². The van der Waals surface area contributed by atoms with E-state index in [-0.39, 0.29) is 17.9 Å². The van der Waals surface area contributed by atoms with Crippen LogP contribution in [0, 0.1) is 6.92 Å². The third kappa shape index (κ3) is 4.11. The normalized spacial score (nSPS) is 15.5. The van der Waals surface area contributed by atoms with E-state index in [2.05, 4.69) is 15.7 Å². The lowest BCUT2D eigenvalue weighted by Crippen LogP contribution is -2.37. The molecule has 1 atom stereocenters. The summed E-state index contributed by atoms with van der Waals surface area (Å²) >= 11 is 0. The van der Waals surface area contributed by atoms with Crippen LogP contribution in [0.25, 0.3) is 0 Å². The number of methoxy groups -OCH3 is 1. The van der Waals surface area contributed by atoms with Crippen molar-refractivity contribution < 1.29 is 14.3 Å². The Hall–Kier alpha value is -2.67. The van der Waals surface area contributed by atoms with E-state index in [1.165, 1.54) is 0 Å². The number of hydrogen-bond acceptors (Lipinski definition) is 4. The number of benzene rings is 1. The zero-order valence-electron chi connectivity index (χ0n) is 15.1. The molecule has 2 aromatic rings. The third-order valence-electron chi connectivity index (χ3n) is 4.60. The first-order chi connectivity index (χ1) is 12.6. The Kier molecular flexibility index (Phi) is 5.68. The lowest BCUT2D eigenvalue weighted by Gasteiger charge is -2.12. The van der Waals surface area contributed by atoms with Gasteiger partial charge in [0, 0.05) is 20.1 Å². The molecule has 3 rings (SSSR count). The van der Waals surface area contributed by atoms with Crippen LogP contribution >= 0.6 is 0 Å².